The van der Waals surface area contributed by atoms with Gasteiger partial charge in [-0.2, -0.15) is 5.26 Å². The maximum absolute atomic E-state index is 8.94. The molecule has 2 saturated carbocycles. The molecule has 0 radical (unpaired) electrons. The van der Waals surface area contributed by atoms with Gasteiger partial charge in [0.25, 0.3) is 0 Å². The summed E-state index contributed by atoms with van der Waals surface area (Å²) in [5.74, 6) is 2.91. The average molecular weight is 294 g/mol. The fourth-order valence-corrected chi connectivity index (χ4v) is 3.55. The van der Waals surface area contributed by atoms with E-state index in [0.29, 0.717) is 29.9 Å². The Balaban J connectivity index is 1.42. The maximum atomic E-state index is 8.94. The molecule has 1 aromatic heterocycles. The first-order chi connectivity index (χ1) is 10.8. The predicted molar refractivity (Wildman–Crippen MR) is 80.5 cm³/mol. The van der Waals surface area contributed by atoms with Gasteiger partial charge in [0, 0.05) is 11.6 Å². The van der Waals surface area contributed by atoms with Gasteiger partial charge in [0.2, 0.25) is 11.8 Å². The quantitative estimate of drug-likeness (QED) is 0.938. The fraction of sp³-hybridized carbons (Fsp3) is 0.471. The monoisotopic (exact) mass is 294 g/mol. The van der Waals surface area contributed by atoms with Crippen LogP contribution in [0.4, 0.5) is 0 Å². The summed E-state index contributed by atoms with van der Waals surface area (Å²) in [6, 6.07) is 9.95. The fourth-order valence-electron chi connectivity index (χ4n) is 3.55. The van der Waals surface area contributed by atoms with Crippen molar-refractivity contribution >= 4 is 0 Å². The molecular formula is C17H18N4O. The van der Waals surface area contributed by atoms with E-state index in [2.05, 4.69) is 21.6 Å². The van der Waals surface area contributed by atoms with E-state index in [0.717, 1.165) is 17.4 Å². The van der Waals surface area contributed by atoms with Gasteiger partial charge >= 0.3 is 0 Å². The molecule has 112 valence electrons. The van der Waals surface area contributed by atoms with Gasteiger partial charge in [-0.05, 0) is 42.9 Å². The third kappa shape index (κ3) is 2.62. The molecule has 1 unspecified atom stereocenters. The van der Waals surface area contributed by atoms with Crippen molar-refractivity contribution in [1.82, 2.24) is 15.5 Å². The third-order valence-corrected chi connectivity index (χ3v) is 4.81. The second kappa shape index (κ2) is 5.54. The number of rotatable bonds is 4. The Kier molecular flexibility index (Phi) is 3.39. The van der Waals surface area contributed by atoms with Gasteiger partial charge in [-0.15, -0.1) is 10.2 Å². The number of hydrogen-bond donors (Lipinski definition) is 1. The van der Waals surface area contributed by atoms with Crippen molar-refractivity contribution in [1.29, 1.82) is 5.26 Å². The number of nitrogens with one attached hydrogen (secondary N) is 1. The second-order valence-corrected chi connectivity index (χ2v) is 6.27. The van der Waals surface area contributed by atoms with Crippen LogP contribution >= 0.6 is 0 Å². The molecular weight excluding hydrogens is 276 g/mol. The first-order valence-corrected chi connectivity index (χ1v) is 7.90. The molecule has 2 aromatic rings. The van der Waals surface area contributed by atoms with Crippen LogP contribution in [0.2, 0.25) is 0 Å². The predicted octanol–water partition coefficient (Wildman–Crippen LogP) is 2.89. The number of nitrogens with zero attached hydrogens (tertiary/aromatic N) is 3. The number of fused-ring (bicyclic) bond motifs is 1. The smallest absolute Gasteiger partial charge is 0.247 e. The van der Waals surface area contributed by atoms with E-state index in [4.69, 9.17) is 9.68 Å². The summed E-state index contributed by atoms with van der Waals surface area (Å²) in [6.45, 7) is 0.624. The lowest BCUT2D eigenvalue weighted by Gasteiger charge is -2.21. The Hall–Kier alpha value is -2.19. The van der Waals surface area contributed by atoms with Crippen molar-refractivity contribution in [3.63, 3.8) is 0 Å². The zero-order valence-electron chi connectivity index (χ0n) is 12.3. The van der Waals surface area contributed by atoms with E-state index in [-0.39, 0.29) is 0 Å². The second-order valence-electron chi connectivity index (χ2n) is 6.27. The molecule has 0 aliphatic heterocycles. The van der Waals surface area contributed by atoms with Gasteiger partial charge in [-0.3, -0.25) is 0 Å². The third-order valence-electron chi connectivity index (χ3n) is 4.81. The highest BCUT2D eigenvalue weighted by Gasteiger charge is 2.44. The maximum Gasteiger partial charge on any atom is 0.247 e. The van der Waals surface area contributed by atoms with E-state index < -0.39 is 0 Å². The van der Waals surface area contributed by atoms with Gasteiger partial charge in [-0.25, -0.2) is 0 Å². The zero-order chi connectivity index (χ0) is 14.9. The van der Waals surface area contributed by atoms with Crippen LogP contribution < -0.4 is 5.32 Å². The Labute approximate surface area is 129 Å². The van der Waals surface area contributed by atoms with Crippen LogP contribution in [0.1, 0.15) is 37.1 Å². The molecule has 5 heteroatoms. The van der Waals surface area contributed by atoms with Gasteiger partial charge in [0.15, 0.2) is 0 Å². The van der Waals surface area contributed by atoms with Crippen LogP contribution in [0.3, 0.4) is 0 Å². The first-order valence-electron chi connectivity index (χ1n) is 7.90. The summed E-state index contributed by atoms with van der Waals surface area (Å²) >= 11 is 0. The molecule has 2 aliphatic rings. The van der Waals surface area contributed by atoms with Crippen molar-refractivity contribution in [2.24, 2.45) is 11.8 Å². The molecule has 3 atom stereocenters. The molecule has 1 aromatic carbocycles. The standard InChI is InChI=1S/C17H18N4O/c18-9-11-3-1-5-13(7-11)17-21-20-16(22-17)10-19-15-6-2-4-12-8-14(12)15/h1,3,5,7,12,14-15,19H,2,4,6,8,10H2/t12-,14+,15?/m1/s1. The lowest BCUT2D eigenvalue weighted by Crippen LogP contribution is -2.33. The van der Waals surface area contributed by atoms with Gasteiger partial charge < -0.3 is 9.73 Å². The van der Waals surface area contributed by atoms with Crippen molar-refractivity contribution in [2.45, 2.75) is 38.3 Å². The molecule has 0 amide bonds. The largest absolute Gasteiger partial charge is 0.419 e. The summed E-state index contributed by atoms with van der Waals surface area (Å²) in [5.41, 5.74) is 1.38. The molecule has 0 spiro atoms. The van der Waals surface area contributed by atoms with Crippen molar-refractivity contribution in [3.8, 4) is 17.5 Å². The van der Waals surface area contributed by atoms with Gasteiger partial charge in [0.1, 0.15) is 0 Å². The summed E-state index contributed by atoms with van der Waals surface area (Å²) in [7, 11) is 0. The van der Waals surface area contributed by atoms with Crippen LogP contribution in [0.15, 0.2) is 28.7 Å². The molecule has 2 aliphatic carbocycles. The molecule has 0 saturated heterocycles. The summed E-state index contributed by atoms with van der Waals surface area (Å²) in [5, 5.41) is 20.7. The Morgan fingerprint density at radius 2 is 2.27 bits per heavy atom. The first kappa shape index (κ1) is 13.5. The molecule has 22 heavy (non-hydrogen) atoms. The van der Waals surface area contributed by atoms with E-state index >= 15 is 0 Å². The number of nitriles is 1. The molecule has 2 fully saturated rings. The van der Waals surface area contributed by atoms with E-state index in [9.17, 15) is 0 Å². The minimum atomic E-state index is 0.474. The van der Waals surface area contributed by atoms with Crippen LogP contribution in [-0.4, -0.2) is 16.2 Å². The highest BCUT2D eigenvalue weighted by Crippen LogP contribution is 2.49. The number of hydrogen-bond acceptors (Lipinski definition) is 5. The van der Waals surface area contributed by atoms with E-state index in [1.165, 1.54) is 25.7 Å². The summed E-state index contributed by atoms with van der Waals surface area (Å²) in [6.07, 6.45) is 5.37. The highest BCUT2D eigenvalue weighted by atomic mass is 16.4. The number of aromatic nitrogens is 2. The van der Waals surface area contributed by atoms with Crippen LogP contribution in [0.5, 0.6) is 0 Å². The zero-order valence-corrected chi connectivity index (χ0v) is 12.3. The number of benzene rings is 1. The van der Waals surface area contributed by atoms with Crippen molar-refractivity contribution < 1.29 is 4.42 Å². The van der Waals surface area contributed by atoms with E-state index in [1.54, 1.807) is 12.1 Å². The lowest BCUT2D eigenvalue weighted by atomic mass is 9.95. The van der Waals surface area contributed by atoms with Crippen LogP contribution in [-0.2, 0) is 6.54 Å². The minimum absolute atomic E-state index is 0.474. The molecule has 1 heterocycles. The lowest BCUT2D eigenvalue weighted by molar-refractivity contribution is 0.337. The van der Waals surface area contributed by atoms with Gasteiger partial charge in [-0.1, -0.05) is 18.9 Å². The molecule has 4 rings (SSSR count). The SMILES string of the molecule is N#Cc1cccc(-c2nnc(CNC3CCC[C@@H]4C[C@H]34)o2)c1. The Bertz CT molecular complexity index is 717. The minimum Gasteiger partial charge on any atom is -0.419 e. The van der Waals surface area contributed by atoms with E-state index in [1.807, 2.05) is 12.1 Å². The normalized spacial score (nSPS) is 26.2. The van der Waals surface area contributed by atoms with Crippen LogP contribution in [0, 0.1) is 23.2 Å². The topological polar surface area (TPSA) is 74.7 Å². The van der Waals surface area contributed by atoms with Gasteiger partial charge in [0.05, 0.1) is 18.2 Å². The summed E-state index contributed by atoms with van der Waals surface area (Å²) < 4.78 is 5.71. The van der Waals surface area contributed by atoms with Crippen molar-refractivity contribution in [2.75, 3.05) is 0 Å². The molecule has 1 N–H and O–H groups in total. The highest BCUT2D eigenvalue weighted by molar-refractivity contribution is 5.55. The summed E-state index contributed by atoms with van der Waals surface area (Å²) in [4.78, 5) is 0. The van der Waals surface area contributed by atoms with Crippen LogP contribution in [0.25, 0.3) is 11.5 Å². The Morgan fingerprint density at radius 3 is 3.18 bits per heavy atom. The van der Waals surface area contributed by atoms with Crippen molar-refractivity contribution in [3.05, 3.63) is 35.7 Å². The molecule has 5 nitrogen and oxygen atoms in total. The molecule has 0 bridgehead atoms. The average Bonchev–Trinajstić information content (AvgIpc) is 3.22. The Morgan fingerprint density at radius 1 is 1.32 bits per heavy atom.